The van der Waals surface area contributed by atoms with Crippen LogP contribution in [0.1, 0.15) is 0 Å². The summed E-state index contributed by atoms with van der Waals surface area (Å²) in [6.07, 6.45) is 1.96. The molecule has 0 aliphatic heterocycles. The van der Waals surface area contributed by atoms with E-state index in [2.05, 4.69) is 5.16 Å². The first-order valence-electron chi connectivity index (χ1n) is 5.22. The molecule has 5 nitrogen and oxygen atoms in total. The number of nitrogens with two attached hydrogens (primary N) is 1. The molecule has 0 atom stereocenters. The number of hydrogen-bond donors (Lipinski definition) is 1. The normalized spacial score (nSPS) is 10.4. The van der Waals surface area contributed by atoms with Crippen LogP contribution in [0.3, 0.4) is 0 Å². The van der Waals surface area contributed by atoms with E-state index in [1.807, 2.05) is 18.4 Å². The molecular weight excluding hydrogens is 252 g/mol. The summed E-state index contributed by atoms with van der Waals surface area (Å²) in [5, 5.41) is 3.93. The van der Waals surface area contributed by atoms with Gasteiger partial charge in [-0.25, -0.2) is 0 Å². The van der Waals surface area contributed by atoms with E-state index in [4.69, 9.17) is 19.7 Å². The van der Waals surface area contributed by atoms with Gasteiger partial charge in [-0.05, 0) is 18.4 Å². The van der Waals surface area contributed by atoms with E-state index in [1.165, 1.54) is 0 Å². The van der Waals surface area contributed by atoms with E-state index in [9.17, 15) is 0 Å². The minimum Gasteiger partial charge on any atom is -0.496 e. The van der Waals surface area contributed by atoms with Gasteiger partial charge in [-0.1, -0.05) is 5.16 Å². The monoisotopic (exact) mass is 266 g/mol. The Hall–Kier alpha value is -1.82. The van der Waals surface area contributed by atoms with Crippen molar-refractivity contribution in [1.29, 1.82) is 0 Å². The minimum absolute atomic E-state index is 0.266. The number of methoxy groups -OCH3 is 2. The molecule has 0 spiro atoms. The zero-order valence-corrected chi connectivity index (χ0v) is 11.2. The summed E-state index contributed by atoms with van der Waals surface area (Å²) in [5.41, 5.74) is 7.02. The maximum atomic E-state index is 5.56. The molecule has 1 heterocycles. The molecule has 2 N–H and O–H groups in total. The Kier molecular flexibility index (Phi) is 3.66. The molecule has 96 valence electrons. The Labute approximate surface area is 109 Å². The Morgan fingerprint density at radius 3 is 2.39 bits per heavy atom. The van der Waals surface area contributed by atoms with E-state index in [1.54, 1.807) is 32.0 Å². The van der Waals surface area contributed by atoms with Gasteiger partial charge < -0.3 is 19.7 Å². The van der Waals surface area contributed by atoms with Crippen LogP contribution in [0.25, 0.3) is 11.3 Å². The number of thioether (sulfide) groups is 1. The lowest BCUT2D eigenvalue weighted by molar-refractivity contribution is 0.394. The van der Waals surface area contributed by atoms with Gasteiger partial charge in [0.15, 0.2) is 0 Å². The zero-order valence-electron chi connectivity index (χ0n) is 10.4. The number of nitrogens with zero attached hydrogens (tertiary/aromatic N) is 1. The highest BCUT2D eigenvalue weighted by Crippen LogP contribution is 2.43. The van der Waals surface area contributed by atoms with Crippen molar-refractivity contribution < 1.29 is 14.0 Å². The van der Waals surface area contributed by atoms with Crippen LogP contribution in [-0.2, 0) is 0 Å². The largest absolute Gasteiger partial charge is 0.496 e. The molecule has 18 heavy (non-hydrogen) atoms. The number of ether oxygens (including phenoxy) is 2. The summed E-state index contributed by atoms with van der Waals surface area (Å²) >= 11 is 1.55. The van der Waals surface area contributed by atoms with Crippen molar-refractivity contribution in [2.24, 2.45) is 0 Å². The van der Waals surface area contributed by atoms with Gasteiger partial charge in [-0.3, -0.25) is 0 Å². The van der Waals surface area contributed by atoms with E-state index < -0.39 is 0 Å². The number of anilines is 1. The molecule has 2 aromatic rings. The van der Waals surface area contributed by atoms with E-state index in [0.29, 0.717) is 11.4 Å². The van der Waals surface area contributed by atoms with Crippen molar-refractivity contribution in [1.82, 2.24) is 5.16 Å². The van der Waals surface area contributed by atoms with Gasteiger partial charge in [0.05, 0.1) is 24.7 Å². The van der Waals surface area contributed by atoms with Crippen molar-refractivity contribution in [3.8, 4) is 22.8 Å². The first-order chi connectivity index (χ1) is 8.71. The van der Waals surface area contributed by atoms with E-state index >= 15 is 0 Å². The number of nitrogen functional groups attached to an aromatic ring is 1. The van der Waals surface area contributed by atoms with Gasteiger partial charge >= 0.3 is 0 Å². The standard InChI is InChI=1S/C12H14N2O3S/c1-15-8-4-5-9(16-2)12(18-3)11(8)7-6-10(13)17-14-7/h4-6H,13H2,1-3H3. The van der Waals surface area contributed by atoms with Crippen LogP contribution in [0, 0.1) is 0 Å². The molecule has 0 aliphatic rings. The van der Waals surface area contributed by atoms with Crippen LogP contribution in [0.4, 0.5) is 5.88 Å². The van der Waals surface area contributed by atoms with Crippen molar-refractivity contribution in [2.75, 3.05) is 26.2 Å². The lowest BCUT2D eigenvalue weighted by Gasteiger charge is -2.13. The number of aromatic nitrogens is 1. The third-order valence-corrected chi connectivity index (χ3v) is 3.33. The third kappa shape index (κ3) is 2.11. The average molecular weight is 266 g/mol. The molecule has 0 saturated carbocycles. The highest BCUT2D eigenvalue weighted by Gasteiger charge is 2.19. The van der Waals surface area contributed by atoms with Gasteiger partial charge in [0.25, 0.3) is 0 Å². The zero-order chi connectivity index (χ0) is 13.1. The fourth-order valence-corrected chi connectivity index (χ4v) is 2.49. The second-order valence-electron chi connectivity index (χ2n) is 3.49. The number of benzene rings is 1. The summed E-state index contributed by atoms with van der Waals surface area (Å²) in [6.45, 7) is 0. The summed E-state index contributed by atoms with van der Waals surface area (Å²) in [5.74, 6) is 1.73. The molecule has 0 bridgehead atoms. The van der Waals surface area contributed by atoms with Crippen molar-refractivity contribution in [3.63, 3.8) is 0 Å². The average Bonchev–Trinajstić information content (AvgIpc) is 2.83. The van der Waals surface area contributed by atoms with Gasteiger partial charge in [-0.15, -0.1) is 11.8 Å². The minimum atomic E-state index is 0.266. The second kappa shape index (κ2) is 5.22. The lowest BCUT2D eigenvalue weighted by Crippen LogP contribution is -1.94. The van der Waals surface area contributed by atoms with Crippen molar-refractivity contribution >= 4 is 17.6 Å². The highest BCUT2D eigenvalue weighted by molar-refractivity contribution is 7.98. The summed E-state index contributed by atoms with van der Waals surface area (Å²) in [6, 6.07) is 5.35. The molecule has 0 unspecified atom stereocenters. The van der Waals surface area contributed by atoms with E-state index in [0.717, 1.165) is 16.2 Å². The first kappa shape index (κ1) is 12.6. The van der Waals surface area contributed by atoms with Crippen molar-refractivity contribution in [2.45, 2.75) is 4.90 Å². The fourth-order valence-electron chi connectivity index (χ4n) is 1.73. The SMILES string of the molecule is COc1ccc(OC)c(-c2cc(N)on2)c1SC. The lowest BCUT2D eigenvalue weighted by atomic mass is 10.1. The Morgan fingerprint density at radius 2 is 1.89 bits per heavy atom. The van der Waals surface area contributed by atoms with Crippen molar-refractivity contribution in [3.05, 3.63) is 18.2 Å². The van der Waals surface area contributed by atoms with Gasteiger partial charge in [0.1, 0.15) is 17.2 Å². The maximum absolute atomic E-state index is 5.56. The quantitative estimate of drug-likeness (QED) is 0.858. The van der Waals surface area contributed by atoms with Gasteiger partial charge in [-0.2, -0.15) is 0 Å². The molecule has 2 rings (SSSR count). The predicted octanol–water partition coefficient (Wildman–Crippen LogP) is 2.66. The molecule has 6 heteroatoms. The molecule has 1 aromatic heterocycles. The predicted molar refractivity (Wildman–Crippen MR) is 71.2 cm³/mol. The summed E-state index contributed by atoms with van der Waals surface area (Å²) in [7, 11) is 3.24. The van der Waals surface area contributed by atoms with Crippen LogP contribution < -0.4 is 15.2 Å². The topological polar surface area (TPSA) is 70.5 Å². The highest BCUT2D eigenvalue weighted by atomic mass is 32.2. The van der Waals surface area contributed by atoms with Gasteiger partial charge in [0, 0.05) is 6.07 Å². The van der Waals surface area contributed by atoms with Crippen LogP contribution >= 0.6 is 11.8 Å². The second-order valence-corrected chi connectivity index (χ2v) is 4.31. The van der Waals surface area contributed by atoms with Crippen LogP contribution in [0.2, 0.25) is 0 Å². The van der Waals surface area contributed by atoms with Crippen LogP contribution in [0.15, 0.2) is 27.6 Å². The summed E-state index contributed by atoms with van der Waals surface area (Å²) in [4.78, 5) is 0.935. The maximum Gasteiger partial charge on any atom is 0.222 e. The Balaban J connectivity index is 2.68. The van der Waals surface area contributed by atoms with Crippen LogP contribution in [0.5, 0.6) is 11.5 Å². The van der Waals surface area contributed by atoms with E-state index in [-0.39, 0.29) is 5.88 Å². The number of hydrogen-bond acceptors (Lipinski definition) is 6. The molecule has 0 saturated heterocycles. The molecule has 1 aromatic carbocycles. The molecule has 0 fully saturated rings. The molecule has 0 amide bonds. The Bertz CT molecular complexity index is 554. The summed E-state index contributed by atoms with van der Waals surface area (Å²) < 4.78 is 15.6. The number of rotatable bonds is 4. The van der Waals surface area contributed by atoms with Crippen LogP contribution in [-0.4, -0.2) is 25.6 Å². The van der Waals surface area contributed by atoms with Gasteiger partial charge in [0.2, 0.25) is 5.88 Å². The Morgan fingerprint density at radius 1 is 1.22 bits per heavy atom. The first-order valence-corrected chi connectivity index (χ1v) is 6.45. The third-order valence-electron chi connectivity index (χ3n) is 2.51. The molecule has 0 radical (unpaired) electrons. The molecular formula is C12H14N2O3S. The fraction of sp³-hybridized carbons (Fsp3) is 0.250. The smallest absolute Gasteiger partial charge is 0.222 e. The molecule has 0 aliphatic carbocycles.